The fourth-order valence-corrected chi connectivity index (χ4v) is 3.72. The van der Waals surface area contributed by atoms with Crippen LogP contribution >= 0.6 is 22.7 Å². The normalized spacial score (nSPS) is 11.7. The zero-order valence-electron chi connectivity index (χ0n) is 11.6. The number of nitrogen functional groups attached to an aromatic ring is 1. The average molecular weight is 318 g/mol. The summed E-state index contributed by atoms with van der Waals surface area (Å²) in [5, 5.41) is 6.55. The van der Waals surface area contributed by atoms with E-state index in [1.54, 1.807) is 12.4 Å². The van der Waals surface area contributed by atoms with E-state index < -0.39 is 5.54 Å². The van der Waals surface area contributed by atoms with Gasteiger partial charge in [0.15, 0.2) is 0 Å². The molecule has 7 heteroatoms. The fraction of sp³-hybridized carbons (Fsp3) is 0.214. The van der Waals surface area contributed by atoms with E-state index in [9.17, 15) is 4.79 Å². The Morgan fingerprint density at radius 1 is 1.33 bits per heavy atom. The first-order valence-electron chi connectivity index (χ1n) is 6.34. The Kier molecular flexibility index (Phi) is 3.38. The molecule has 0 bridgehead atoms. The number of nitrogens with one attached hydrogen (secondary N) is 1. The molecule has 0 unspecified atom stereocenters. The van der Waals surface area contributed by atoms with Gasteiger partial charge in [-0.3, -0.25) is 4.79 Å². The molecular weight excluding hydrogens is 304 g/mol. The number of nitrogens with two attached hydrogens (primary N) is 1. The van der Waals surface area contributed by atoms with Crippen molar-refractivity contribution in [3.05, 3.63) is 39.8 Å². The number of hydrogen-bond acceptors (Lipinski definition) is 6. The van der Waals surface area contributed by atoms with Crippen LogP contribution in [0.4, 0.5) is 5.69 Å². The Balaban J connectivity index is 1.93. The van der Waals surface area contributed by atoms with Gasteiger partial charge >= 0.3 is 0 Å². The highest BCUT2D eigenvalue weighted by atomic mass is 32.1. The van der Waals surface area contributed by atoms with Crippen molar-refractivity contribution in [1.29, 1.82) is 0 Å². The van der Waals surface area contributed by atoms with Gasteiger partial charge in [0.05, 0.1) is 11.2 Å². The molecule has 3 aromatic rings. The molecular formula is C14H14N4OS2. The predicted molar refractivity (Wildman–Crippen MR) is 86.6 cm³/mol. The molecule has 0 aliphatic rings. The van der Waals surface area contributed by atoms with Gasteiger partial charge in [0.2, 0.25) is 0 Å². The number of fused-ring (bicyclic) bond motifs is 1. The number of carbonyl (C=O) groups excluding carboxylic acids is 1. The van der Waals surface area contributed by atoms with Crippen molar-refractivity contribution in [2.24, 2.45) is 0 Å². The molecule has 0 saturated heterocycles. The molecule has 3 aromatic heterocycles. The molecule has 0 aliphatic carbocycles. The minimum absolute atomic E-state index is 0.198. The molecule has 1 amide bonds. The van der Waals surface area contributed by atoms with Gasteiger partial charge in [-0.15, -0.1) is 22.7 Å². The molecule has 0 spiro atoms. The summed E-state index contributed by atoms with van der Waals surface area (Å²) in [4.78, 5) is 22.3. The lowest BCUT2D eigenvalue weighted by Gasteiger charge is -2.23. The monoisotopic (exact) mass is 318 g/mol. The number of pyridine rings is 1. The number of amides is 1. The van der Waals surface area contributed by atoms with Crippen LogP contribution in [0.5, 0.6) is 0 Å². The zero-order valence-corrected chi connectivity index (χ0v) is 13.2. The van der Waals surface area contributed by atoms with Crippen LogP contribution in [0.1, 0.15) is 28.5 Å². The second kappa shape index (κ2) is 5.09. The van der Waals surface area contributed by atoms with Crippen molar-refractivity contribution in [1.82, 2.24) is 15.3 Å². The maximum atomic E-state index is 12.5. The molecule has 0 radical (unpaired) electrons. The summed E-state index contributed by atoms with van der Waals surface area (Å²) in [7, 11) is 0. The summed E-state index contributed by atoms with van der Waals surface area (Å²) in [6.07, 6.45) is 3.42. The number of thiazole rings is 1. The third kappa shape index (κ3) is 2.50. The Labute approximate surface area is 129 Å². The second-order valence-electron chi connectivity index (χ2n) is 5.12. The standard InChI is InChI=1S/C14H14N4OS2/c1-14(2,13-17-6-7-20-13)18-11(19)10-9(15)8-4-3-5-16-12(8)21-10/h3-7H,15H2,1-2H3,(H,18,19). The minimum Gasteiger partial charge on any atom is -0.397 e. The molecule has 0 saturated carbocycles. The van der Waals surface area contributed by atoms with Crippen LogP contribution in [0, 0.1) is 0 Å². The van der Waals surface area contributed by atoms with Crippen molar-refractivity contribution in [2.45, 2.75) is 19.4 Å². The molecule has 0 atom stereocenters. The van der Waals surface area contributed by atoms with Crippen LogP contribution in [-0.2, 0) is 5.54 Å². The third-order valence-electron chi connectivity index (χ3n) is 3.10. The number of hydrogen-bond donors (Lipinski definition) is 2. The van der Waals surface area contributed by atoms with E-state index in [0.717, 1.165) is 15.2 Å². The van der Waals surface area contributed by atoms with Gasteiger partial charge in [-0.1, -0.05) is 0 Å². The van der Waals surface area contributed by atoms with Crippen molar-refractivity contribution < 1.29 is 4.79 Å². The van der Waals surface area contributed by atoms with Gasteiger partial charge in [-0.2, -0.15) is 0 Å². The Morgan fingerprint density at radius 3 is 2.81 bits per heavy atom. The molecule has 3 N–H and O–H groups in total. The highest BCUT2D eigenvalue weighted by Gasteiger charge is 2.28. The predicted octanol–water partition coefficient (Wildman–Crippen LogP) is 3.00. The molecule has 21 heavy (non-hydrogen) atoms. The minimum atomic E-state index is -0.540. The SMILES string of the molecule is CC(C)(NC(=O)c1sc2ncccc2c1N)c1nccs1. The van der Waals surface area contributed by atoms with Crippen LogP contribution in [0.15, 0.2) is 29.9 Å². The highest BCUT2D eigenvalue weighted by molar-refractivity contribution is 7.21. The van der Waals surface area contributed by atoms with E-state index in [1.165, 1.54) is 22.7 Å². The van der Waals surface area contributed by atoms with Gasteiger partial charge in [0.1, 0.15) is 14.7 Å². The molecule has 0 aromatic carbocycles. The molecule has 3 rings (SSSR count). The fourth-order valence-electron chi connectivity index (χ4n) is 2.05. The van der Waals surface area contributed by atoms with Gasteiger partial charge in [0.25, 0.3) is 5.91 Å². The second-order valence-corrected chi connectivity index (χ2v) is 7.01. The van der Waals surface area contributed by atoms with E-state index in [2.05, 4.69) is 15.3 Å². The Morgan fingerprint density at radius 2 is 2.14 bits per heavy atom. The van der Waals surface area contributed by atoms with Crippen LogP contribution in [0.2, 0.25) is 0 Å². The van der Waals surface area contributed by atoms with Crippen molar-refractivity contribution in [2.75, 3.05) is 5.73 Å². The van der Waals surface area contributed by atoms with Crippen LogP contribution < -0.4 is 11.1 Å². The number of rotatable bonds is 3. The smallest absolute Gasteiger partial charge is 0.264 e. The van der Waals surface area contributed by atoms with Gasteiger partial charge in [-0.05, 0) is 26.0 Å². The van der Waals surface area contributed by atoms with Gasteiger partial charge < -0.3 is 11.1 Å². The maximum absolute atomic E-state index is 12.5. The lowest BCUT2D eigenvalue weighted by molar-refractivity contribution is 0.0917. The van der Waals surface area contributed by atoms with Crippen LogP contribution in [0.25, 0.3) is 10.2 Å². The largest absolute Gasteiger partial charge is 0.397 e. The first kappa shape index (κ1) is 14.0. The topological polar surface area (TPSA) is 80.9 Å². The summed E-state index contributed by atoms with van der Waals surface area (Å²) in [5.41, 5.74) is 6.02. The lowest BCUT2D eigenvalue weighted by atomic mass is 10.1. The molecule has 0 fully saturated rings. The Hall–Kier alpha value is -1.99. The quantitative estimate of drug-likeness (QED) is 0.778. The number of carbonyl (C=O) groups is 1. The zero-order chi connectivity index (χ0) is 15.0. The lowest BCUT2D eigenvalue weighted by Crippen LogP contribution is -2.40. The summed E-state index contributed by atoms with van der Waals surface area (Å²) < 4.78 is 0. The maximum Gasteiger partial charge on any atom is 0.264 e. The van der Waals surface area contributed by atoms with Crippen LogP contribution in [0.3, 0.4) is 0 Å². The van der Waals surface area contributed by atoms with Crippen molar-refractivity contribution >= 4 is 44.5 Å². The molecule has 108 valence electrons. The molecule has 3 heterocycles. The number of nitrogens with zero attached hydrogens (tertiary/aromatic N) is 2. The van der Waals surface area contributed by atoms with E-state index in [4.69, 9.17) is 5.73 Å². The molecule has 0 aliphatic heterocycles. The highest BCUT2D eigenvalue weighted by Crippen LogP contribution is 2.33. The average Bonchev–Trinajstić information content (AvgIpc) is 3.07. The molecule has 5 nitrogen and oxygen atoms in total. The summed E-state index contributed by atoms with van der Waals surface area (Å²) in [6, 6.07) is 3.68. The van der Waals surface area contributed by atoms with E-state index in [0.29, 0.717) is 10.6 Å². The first-order valence-corrected chi connectivity index (χ1v) is 8.04. The number of anilines is 1. The van der Waals surface area contributed by atoms with Gasteiger partial charge in [0, 0.05) is 23.2 Å². The summed E-state index contributed by atoms with van der Waals surface area (Å²) in [6.45, 7) is 3.84. The van der Waals surface area contributed by atoms with Crippen molar-refractivity contribution in [3.63, 3.8) is 0 Å². The summed E-state index contributed by atoms with van der Waals surface area (Å²) in [5.74, 6) is -0.198. The van der Waals surface area contributed by atoms with Gasteiger partial charge in [-0.25, -0.2) is 9.97 Å². The van der Waals surface area contributed by atoms with Crippen molar-refractivity contribution in [3.8, 4) is 0 Å². The summed E-state index contributed by atoms with van der Waals surface area (Å²) >= 11 is 2.82. The number of aromatic nitrogens is 2. The van der Waals surface area contributed by atoms with E-state index in [1.807, 2.05) is 31.4 Å². The Bertz CT molecular complexity index is 793. The van der Waals surface area contributed by atoms with E-state index in [-0.39, 0.29) is 5.91 Å². The number of thiophene rings is 1. The van der Waals surface area contributed by atoms with Crippen LogP contribution in [-0.4, -0.2) is 15.9 Å². The third-order valence-corrected chi connectivity index (χ3v) is 5.33. The van der Waals surface area contributed by atoms with E-state index >= 15 is 0 Å². The first-order chi connectivity index (χ1) is 9.99.